The zero-order chi connectivity index (χ0) is 95.7. The fourth-order valence-corrected chi connectivity index (χ4v) is 23.4. The van der Waals surface area contributed by atoms with E-state index in [-0.39, 0.29) is 0 Å². The average molecular weight is 1840 g/mol. The lowest BCUT2D eigenvalue weighted by atomic mass is 10.00. The van der Waals surface area contributed by atoms with Gasteiger partial charge in [-0.15, -0.1) is 0 Å². The maximum atomic E-state index is 2.42. The Kier molecular flexibility index (Phi) is 20.4. The summed E-state index contributed by atoms with van der Waals surface area (Å²) in [5.41, 5.74) is 39.5. The first-order valence-electron chi connectivity index (χ1n) is 49.6. The van der Waals surface area contributed by atoms with Crippen LogP contribution in [0.1, 0.15) is 0 Å². The second kappa shape index (κ2) is 34.7. The van der Waals surface area contributed by atoms with Gasteiger partial charge in [0.2, 0.25) is 0 Å². The molecule has 8 heterocycles. The molecule has 0 amide bonds. The van der Waals surface area contributed by atoms with Crippen LogP contribution in [0.5, 0.6) is 0 Å². The van der Waals surface area contributed by atoms with Gasteiger partial charge in [-0.2, -0.15) is 0 Å². The van der Waals surface area contributed by atoms with Crippen molar-refractivity contribution in [2.75, 3.05) is 0 Å². The number of rotatable bonds is 10. The molecule has 0 spiro atoms. The van der Waals surface area contributed by atoms with Crippen LogP contribution in [-0.4, -0.2) is 36.5 Å². The molecule has 30 aromatic rings. The van der Waals surface area contributed by atoms with Gasteiger partial charge in [0.05, 0.1) is 44.1 Å². The Morgan fingerprint density at radius 3 is 0.507 bits per heavy atom. The van der Waals surface area contributed by atoms with Gasteiger partial charge in [0.15, 0.2) is 0 Å². The Bertz CT molecular complexity index is 10300. The first kappa shape index (κ1) is 84.5. The average Bonchev–Trinajstić information content (AvgIpc) is 1.56. The SMILES string of the molecule is Cn1c2ccccc2c2c3c4ccccc4n(-c4ccc(-c5ccc(-c6ccccc6)cc5)cc4)c3ccc21.Cn1c2ccccc2c2c3c4ccccc4n(-c4ccc(-c5ccccc5)cc4)c3ccc21.Cn1c2ccccc2c2c3c4ccccc4n(-c4cccc(-c5ccc(-c6ccccc6)cc5)c4)c3ccc21.Cn1c2ccccc2c2c3c4ccccc4n(-c4cccc(-c5ccccc5)c4)c3ccc21. The lowest BCUT2D eigenvalue weighted by Gasteiger charge is -2.11. The molecule has 0 aliphatic heterocycles. The summed E-state index contributed by atoms with van der Waals surface area (Å²) in [6.07, 6.45) is 0. The molecule has 0 N–H and O–H groups in total. The Morgan fingerprint density at radius 1 is 0.104 bits per heavy atom. The Hall–Kier alpha value is -18.8. The summed E-state index contributed by atoms with van der Waals surface area (Å²) < 4.78 is 18.9. The second-order valence-corrected chi connectivity index (χ2v) is 37.9. The number of hydrogen-bond acceptors (Lipinski definition) is 0. The molecule has 0 aliphatic carbocycles. The third-order valence-corrected chi connectivity index (χ3v) is 30.2. The minimum Gasteiger partial charge on any atom is -0.344 e. The van der Waals surface area contributed by atoms with E-state index in [2.05, 4.69) is 574 Å². The van der Waals surface area contributed by atoms with Gasteiger partial charge in [-0.3, -0.25) is 0 Å². The molecule has 8 heteroatoms. The van der Waals surface area contributed by atoms with Crippen LogP contribution in [-0.2, 0) is 28.2 Å². The summed E-state index contributed by atoms with van der Waals surface area (Å²) in [6, 6.07) is 184. The van der Waals surface area contributed by atoms with Crippen molar-refractivity contribution in [2.45, 2.75) is 0 Å². The number of para-hydroxylation sites is 8. The van der Waals surface area contributed by atoms with Crippen LogP contribution in [0.25, 0.3) is 264 Å². The zero-order valence-electron chi connectivity index (χ0n) is 80.1. The van der Waals surface area contributed by atoms with E-state index in [9.17, 15) is 0 Å². The number of hydrogen-bond donors (Lipinski definition) is 0. The minimum atomic E-state index is 1.17. The van der Waals surface area contributed by atoms with Gasteiger partial charge in [0.25, 0.3) is 0 Å². The molecule has 30 rings (SSSR count). The first-order valence-corrected chi connectivity index (χ1v) is 49.6. The van der Waals surface area contributed by atoms with Crippen molar-refractivity contribution < 1.29 is 0 Å². The Balaban J connectivity index is 0.0000000959. The van der Waals surface area contributed by atoms with Crippen LogP contribution < -0.4 is 0 Å². The number of aryl methyl sites for hydroxylation is 4. The number of aromatic nitrogens is 8. The predicted molar refractivity (Wildman–Crippen MR) is 612 cm³/mol. The second-order valence-electron chi connectivity index (χ2n) is 37.9. The lowest BCUT2D eigenvalue weighted by Crippen LogP contribution is -1.94. The fourth-order valence-electron chi connectivity index (χ4n) is 23.4. The molecule has 0 aliphatic rings. The summed E-state index contributed by atoms with van der Waals surface area (Å²) in [6.45, 7) is 0. The highest BCUT2D eigenvalue weighted by Crippen LogP contribution is 2.48. The Morgan fingerprint density at radius 2 is 0.264 bits per heavy atom. The maximum absolute atomic E-state index is 2.42. The van der Waals surface area contributed by atoms with Crippen molar-refractivity contribution in [2.24, 2.45) is 28.2 Å². The molecule has 0 saturated heterocycles. The van der Waals surface area contributed by atoms with Gasteiger partial charge < -0.3 is 36.5 Å². The molecule has 144 heavy (non-hydrogen) atoms. The summed E-state index contributed by atoms with van der Waals surface area (Å²) in [5, 5.41) is 21.0. The van der Waals surface area contributed by atoms with Crippen molar-refractivity contribution in [3.8, 4) is 89.5 Å². The molecular weight excluding hydrogens is 1750 g/mol. The maximum Gasteiger partial charge on any atom is 0.0548 e. The van der Waals surface area contributed by atoms with Gasteiger partial charge in [0, 0.05) is 181 Å². The third kappa shape index (κ3) is 13.8. The molecule has 8 nitrogen and oxygen atoms in total. The molecule has 0 fully saturated rings. The van der Waals surface area contributed by atoms with Gasteiger partial charge in [-0.1, -0.05) is 364 Å². The van der Waals surface area contributed by atoms with Crippen LogP contribution in [0.4, 0.5) is 0 Å². The van der Waals surface area contributed by atoms with Crippen molar-refractivity contribution in [3.63, 3.8) is 0 Å². The van der Waals surface area contributed by atoms with Gasteiger partial charge >= 0.3 is 0 Å². The standard InChI is InChI=1S/2C37H26N2.2C31H22N2/c1-38-32-16-7-5-14-30(32)36-34(38)22-23-35-37(36)31-15-6-8-17-33(31)39(35)29-13-9-12-28(24-29)27-20-18-26(19-21-27)25-10-3-2-4-11-25;1-38-32-13-7-5-11-30(32)36-34(38)23-24-35-37(36)31-12-6-8-14-33(31)39(35)29-21-19-28(20-22-29)27-17-15-26(16-18-27)25-9-3-2-4-10-25;1-32-26-16-7-5-14-24(26)30-28(32)18-19-29-31(30)25-15-6-8-17-27(25)33(29)23-13-9-12-22(20-23)21-10-3-2-4-11-21;1-32-26-13-7-5-11-24(26)30-28(32)19-20-29-31(30)25-12-6-8-14-27(25)33(29)23-17-15-22(16-18-23)21-9-3-2-4-10-21/h2*2-24H,1H3;2*2-20H,1H3. The van der Waals surface area contributed by atoms with E-state index < -0.39 is 0 Å². The molecule has 680 valence electrons. The van der Waals surface area contributed by atoms with Gasteiger partial charge in [-0.05, 0) is 212 Å². The number of fused-ring (bicyclic) bond motifs is 28. The number of nitrogens with zero attached hydrogens (tertiary/aromatic N) is 8. The third-order valence-electron chi connectivity index (χ3n) is 30.2. The van der Waals surface area contributed by atoms with Gasteiger partial charge in [0.1, 0.15) is 0 Å². The molecule has 0 saturated carbocycles. The zero-order valence-corrected chi connectivity index (χ0v) is 80.1. The molecule has 8 aromatic heterocycles. The fraction of sp³-hybridized carbons (Fsp3) is 0.0294. The largest absolute Gasteiger partial charge is 0.344 e. The van der Waals surface area contributed by atoms with Crippen LogP contribution in [0.2, 0.25) is 0 Å². The van der Waals surface area contributed by atoms with Crippen LogP contribution in [0.15, 0.2) is 510 Å². The van der Waals surface area contributed by atoms with Gasteiger partial charge in [-0.25, -0.2) is 0 Å². The normalized spacial score (nSPS) is 11.8. The number of benzene rings is 22. The highest BCUT2D eigenvalue weighted by Gasteiger charge is 2.26. The van der Waals surface area contributed by atoms with Crippen LogP contribution in [0.3, 0.4) is 0 Å². The lowest BCUT2D eigenvalue weighted by molar-refractivity contribution is 1.01. The van der Waals surface area contributed by atoms with E-state index >= 15 is 0 Å². The van der Waals surface area contributed by atoms with E-state index in [0.29, 0.717) is 0 Å². The van der Waals surface area contributed by atoms with E-state index in [1.54, 1.807) is 0 Å². The van der Waals surface area contributed by atoms with Crippen molar-refractivity contribution in [1.29, 1.82) is 0 Å². The van der Waals surface area contributed by atoms with Crippen molar-refractivity contribution in [1.82, 2.24) is 36.5 Å². The van der Waals surface area contributed by atoms with E-state index in [1.807, 2.05) is 0 Å². The highest BCUT2D eigenvalue weighted by atomic mass is 15.0. The molecule has 0 radical (unpaired) electrons. The summed E-state index contributed by atoms with van der Waals surface area (Å²) >= 11 is 0. The smallest absolute Gasteiger partial charge is 0.0548 e. The topological polar surface area (TPSA) is 39.4 Å². The summed E-state index contributed by atoms with van der Waals surface area (Å²) in [4.78, 5) is 0. The van der Waals surface area contributed by atoms with Crippen molar-refractivity contribution in [3.05, 3.63) is 510 Å². The minimum absolute atomic E-state index is 1.17. The van der Waals surface area contributed by atoms with E-state index in [0.717, 1.165) is 0 Å². The monoisotopic (exact) mass is 1840 g/mol. The predicted octanol–water partition coefficient (Wildman–Crippen LogP) is 35.7. The summed E-state index contributed by atoms with van der Waals surface area (Å²) in [7, 11) is 8.67. The van der Waals surface area contributed by atoms with E-state index in [1.165, 1.54) is 264 Å². The molecular formula is C136H96N8. The van der Waals surface area contributed by atoms with Crippen LogP contribution in [0, 0.1) is 0 Å². The molecule has 0 atom stereocenters. The first-order chi connectivity index (χ1) is 71.2. The molecule has 0 unspecified atom stereocenters. The Labute approximate surface area is 832 Å². The van der Waals surface area contributed by atoms with Crippen molar-refractivity contribution >= 4 is 174 Å². The summed E-state index contributed by atoms with van der Waals surface area (Å²) in [5.74, 6) is 0. The molecule has 0 bridgehead atoms. The van der Waals surface area contributed by atoms with E-state index in [4.69, 9.17) is 0 Å². The highest BCUT2D eigenvalue weighted by molar-refractivity contribution is 6.33. The molecule has 22 aromatic carbocycles. The quantitative estimate of drug-likeness (QED) is 0.131. The van der Waals surface area contributed by atoms with Crippen LogP contribution >= 0.6 is 0 Å².